The highest BCUT2D eigenvalue weighted by molar-refractivity contribution is 6.32. The number of hydrogen-bond donors (Lipinski definition) is 5. The molecule has 1 saturated heterocycles. The lowest BCUT2D eigenvalue weighted by Crippen LogP contribution is -2.52. The minimum atomic E-state index is -0.743. The number of nitrogens with zero attached hydrogens (tertiary/aromatic N) is 8. The smallest absolute Gasteiger partial charge is 0.323 e. The number of urea groups is 1. The molecule has 2 aliphatic rings. The van der Waals surface area contributed by atoms with Gasteiger partial charge in [-0.1, -0.05) is 36.2 Å². The fourth-order valence-corrected chi connectivity index (χ4v) is 7.39. The van der Waals surface area contributed by atoms with Crippen LogP contribution in [0.4, 0.5) is 21.9 Å². The lowest BCUT2D eigenvalue weighted by atomic mass is 9.89. The van der Waals surface area contributed by atoms with Crippen molar-refractivity contribution < 1.29 is 33.4 Å². The predicted octanol–water partition coefficient (Wildman–Crippen LogP) is 3.03. The van der Waals surface area contributed by atoms with E-state index in [2.05, 4.69) is 51.8 Å². The zero-order valence-electron chi connectivity index (χ0n) is 31.8. The second kappa shape index (κ2) is 18.1. The summed E-state index contributed by atoms with van der Waals surface area (Å²) in [5.74, 6) is -2.40. The van der Waals surface area contributed by atoms with E-state index in [-0.39, 0.29) is 78.6 Å². The topological polar surface area (TPSA) is 241 Å². The van der Waals surface area contributed by atoms with Crippen molar-refractivity contribution in [3.63, 3.8) is 0 Å². The lowest BCUT2D eigenvalue weighted by Gasteiger charge is -2.29. The minimum Gasteiger partial charge on any atom is -0.382 e. The van der Waals surface area contributed by atoms with Crippen LogP contribution in [0.3, 0.4) is 0 Å². The molecule has 3 atom stereocenters. The summed E-state index contributed by atoms with van der Waals surface area (Å²) in [6, 6.07) is 7.08. The molecule has 20 nitrogen and oxygen atoms in total. The van der Waals surface area contributed by atoms with E-state index < -0.39 is 29.8 Å². The van der Waals surface area contributed by atoms with Crippen molar-refractivity contribution in [2.75, 3.05) is 56.0 Å². The summed E-state index contributed by atoms with van der Waals surface area (Å²) in [4.78, 5) is 75.1. The van der Waals surface area contributed by atoms with E-state index in [9.17, 15) is 24.0 Å². The molecule has 0 spiro atoms. The Bertz CT molecular complexity index is 2390. The van der Waals surface area contributed by atoms with E-state index in [0.717, 1.165) is 11.3 Å². The van der Waals surface area contributed by atoms with E-state index >= 15 is 0 Å². The minimum absolute atomic E-state index is 0.00237. The highest BCUT2D eigenvalue weighted by atomic mass is 35.5. The predicted molar refractivity (Wildman–Crippen MR) is 213 cm³/mol. The van der Waals surface area contributed by atoms with E-state index in [1.807, 2.05) is 13.0 Å². The number of benzene rings is 1. The molecule has 22 heteroatoms. The molecule has 5 N–H and O–H groups in total. The third-order valence-electron chi connectivity index (χ3n) is 9.86. The van der Waals surface area contributed by atoms with Gasteiger partial charge in [0.2, 0.25) is 17.7 Å². The first-order valence-corrected chi connectivity index (χ1v) is 19.3. The van der Waals surface area contributed by atoms with Crippen LogP contribution in [-0.4, -0.2) is 115 Å². The Kier molecular flexibility index (Phi) is 12.6. The van der Waals surface area contributed by atoms with Gasteiger partial charge in [0.15, 0.2) is 16.6 Å². The van der Waals surface area contributed by atoms with Gasteiger partial charge in [0, 0.05) is 55.4 Å². The maximum atomic E-state index is 13.3. The van der Waals surface area contributed by atoms with Gasteiger partial charge in [0.05, 0.1) is 79.2 Å². The molecular weight excluding hydrogens is 809 g/mol. The standard InChI is InChI=1S/C37H39Cl2N13O7/c1-20(32-27(17-42-30-15-29(39)49-51(30)32)47-37(57)46-21-14-25(38)33(43-16-21)52-44-8-9-45-52)24(34(54)40-2)19-59-13-12-58-11-10-41-26-5-3-4-22-23(26)18-50(36(22)56)28-6-7-31(53)48-35(28)55/h3-5,8-9,14-17,20,24,28,41H,6-7,10-13,18-19H2,1-2H3,(H,40,54)(H2,46,47,57)(H,48,53,55)/t20-,24?,28?/m0/s1. The van der Waals surface area contributed by atoms with Gasteiger partial charge in [-0.25, -0.2) is 19.3 Å². The number of amides is 6. The number of aromatic nitrogens is 7. The third kappa shape index (κ3) is 9.09. The normalized spacial score (nSPS) is 16.1. The van der Waals surface area contributed by atoms with Crippen molar-refractivity contribution in [3.8, 4) is 5.82 Å². The molecule has 0 radical (unpaired) electrons. The monoisotopic (exact) mass is 847 g/mol. The first-order chi connectivity index (χ1) is 28.5. The van der Waals surface area contributed by atoms with Crippen molar-refractivity contribution in [2.24, 2.45) is 5.92 Å². The lowest BCUT2D eigenvalue weighted by molar-refractivity contribution is -0.137. The number of halogens is 2. The molecule has 5 aromatic rings. The molecule has 2 unspecified atom stereocenters. The number of imide groups is 1. The van der Waals surface area contributed by atoms with Crippen LogP contribution in [0.15, 0.2) is 55.1 Å². The highest BCUT2D eigenvalue weighted by Crippen LogP contribution is 2.34. The number of hydrogen-bond acceptors (Lipinski definition) is 13. The zero-order chi connectivity index (χ0) is 41.6. The van der Waals surface area contributed by atoms with Crippen LogP contribution in [0.1, 0.15) is 47.3 Å². The average Bonchev–Trinajstić information content (AvgIpc) is 3.96. The summed E-state index contributed by atoms with van der Waals surface area (Å²) in [6.07, 6.45) is 6.29. The van der Waals surface area contributed by atoms with Gasteiger partial charge in [0.25, 0.3) is 5.91 Å². The molecule has 7 rings (SSSR count). The van der Waals surface area contributed by atoms with Gasteiger partial charge >= 0.3 is 6.03 Å². The summed E-state index contributed by atoms with van der Waals surface area (Å²) in [7, 11) is 1.52. The highest BCUT2D eigenvalue weighted by Gasteiger charge is 2.40. The van der Waals surface area contributed by atoms with Crippen LogP contribution >= 0.6 is 23.2 Å². The first kappa shape index (κ1) is 41.0. The molecule has 0 aliphatic carbocycles. The zero-order valence-corrected chi connectivity index (χ0v) is 33.3. The van der Waals surface area contributed by atoms with Gasteiger partial charge < -0.3 is 35.6 Å². The number of pyridine rings is 1. The van der Waals surface area contributed by atoms with E-state index in [4.69, 9.17) is 32.7 Å². The van der Waals surface area contributed by atoms with Gasteiger partial charge in [0.1, 0.15) is 6.04 Å². The number of fused-ring (bicyclic) bond motifs is 2. The number of ether oxygens (including phenoxy) is 2. The Balaban J connectivity index is 0.930. The number of nitrogens with one attached hydrogen (secondary N) is 5. The Morgan fingerprint density at radius 2 is 1.80 bits per heavy atom. The molecule has 0 bridgehead atoms. The van der Waals surface area contributed by atoms with Gasteiger partial charge in [-0.15, -0.1) is 4.80 Å². The summed E-state index contributed by atoms with van der Waals surface area (Å²) in [5, 5.41) is 26.6. The fourth-order valence-electron chi connectivity index (χ4n) is 6.98. The van der Waals surface area contributed by atoms with Crippen molar-refractivity contribution >= 4 is 75.6 Å². The van der Waals surface area contributed by atoms with Crippen molar-refractivity contribution in [3.05, 3.63) is 82.1 Å². The van der Waals surface area contributed by atoms with E-state index in [0.29, 0.717) is 35.7 Å². The van der Waals surface area contributed by atoms with Crippen LogP contribution in [0.2, 0.25) is 10.2 Å². The molecule has 1 fully saturated rings. The van der Waals surface area contributed by atoms with Crippen molar-refractivity contribution in [1.29, 1.82) is 0 Å². The maximum absolute atomic E-state index is 13.3. The molecule has 59 heavy (non-hydrogen) atoms. The van der Waals surface area contributed by atoms with Crippen LogP contribution in [0, 0.1) is 5.92 Å². The summed E-state index contributed by atoms with van der Waals surface area (Å²) >= 11 is 12.6. The molecule has 2 aliphatic heterocycles. The molecule has 1 aromatic carbocycles. The number of carbonyl (C=O) groups is 5. The third-order valence-corrected chi connectivity index (χ3v) is 10.3. The number of anilines is 3. The Morgan fingerprint density at radius 3 is 2.56 bits per heavy atom. The second-order valence-electron chi connectivity index (χ2n) is 13.6. The number of rotatable bonds is 16. The Labute approximate surface area is 346 Å². The Hall–Kier alpha value is -6.22. The summed E-state index contributed by atoms with van der Waals surface area (Å²) < 4.78 is 13.2. The Morgan fingerprint density at radius 1 is 1.00 bits per heavy atom. The fraction of sp³-hybridized carbons (Fsp3) is 0.351. The molecule has 4 aromatic heterocycles. The molecular formula is C37H39Cl2N13O7. The maximum Gasteiger partial charge on any atom is 0.323 e. The average molecular weight is 849 g/mol. The molecule has 6 amide bonds. The van der Waals surface area contributed by atoms with E-state index in [1.165, 1.54) is 52.1 Å². The van der Waals surface area contributed by atoms with Gasteiger partial charge in [-0.05, 0) is 24.6 Å². The van der Waals surface area contributed by atoms with Crippen LogP contribution in [-0.2, 0) is 30.4 Å². The number of carbonyl (C=O) groups excluding carboxylic acids is 5. The van der Waals surface area contributed by atoms with Crippen LogP contribution in [0.25, 0.3) is 11.5 Å². The summed E-state index contributed by atoms with van der Waals surface area (Å²) in [5.41, 5.74) is 3.45. The van der Waals surface area contributed by atoms with Crippen molar-refractivity contribution in [1.82, 2.24) is 50.1 Å². The molecule has 308 valence electrons. The van der Waals surface area contributed by atoms with Crippen molar-refractivity contribution in [2.45, 2.75) is 38.3 Å². The quantitative estimate of drug-likeness (QED) is 0.0710. The van der Waals surface area contributed by atoms with Gasteiger partial charge in [-0.2, -0.15) is 15.3 Å². The van der Waals surface area contributed by atoms with Gasteiger partial charge in [-0.3, -0.25) is 24.5 Å². The summed E-state index contributed by atoms with van der Waals surface area (Å²) in [6.45, 7) is 3.20. The largest absolute Gasteiger partial charge is 0.382 e. The number of piperidine rings is 1. The van der Waals surface area contributed by atoms with Crippen LogP contribution in [0.5, 0.6) is 0 Å². The second-order valence-corrected chi connectivity index (χ2v) is 14.4. The van der Waals surface area contributed by atoms with E-state index in [1.54, 1.807) is 18.2 Å². The molecule has 0 saturated carbocycles. The molecule has 6 heterocycles. The first-order valence-electron chi connectivity index (χ1n) is 18.5. The SMILES string of the molecule is CNC(=O)C(COCCOCCNc1cccc2c1CN(C1CCC(=O)NC1=O)C2=O)[C@H](C)c1c(NC(=O)Nc2cnc(-n3nccn3)c(Cl)c2)cnc2cc(Cl)nn12. The van der Waals surface area contributed by atoms with Crippen LogP contribution < -0.4 is 26.6 Å².